The second-order valence-electron chi connectivity index (χ2n) is 12.0. The van der Waals surface area contributed by atoms with Crippen LogP contribution in [0.25, 0.3) is 0 Å². The number of aliphatic hydroxyl groups is 1. The molecule has 1 aromatic carbocycles. The highest BCUT2D eigenvalue weighted by molar-refractivity contribution is 5.61. The molecule has 0 aromatic heterocycles. The molecule has 2 N–H and O–H groups in total. The van der Waals surface area contributed by atoms with Crippen LogP contribution in [-0.4, -0.2) is 17.3 Å². The average molecular weight is 478 g/mol. The van der Waals surface area contributed by atoms with Gasteiger partial charge in [0.05, 0.1) is 6.10 Å². The fraction of sp³-hybridized carbons (Fsp3) is 0.636. The first kappa shape index (κ1) is 27.8. The van der Waals surface area contributed by atoms with E-state index in [0.717, 1.165) is 19.3 Å². The second-order valence-corrected chi connectivity index (χ2v) is 12.0. The number of allylic oxidation sites excluding steroid dienone is 4. The van der Waals surface area contributed by atoms with Crippen molar-refractivity contribution in [3.05, 3.63) is 63.8 Å². The molecule has 4 unspecified atom stereocenters. The lowest BCUT2D eigenvalue weighted by molar-refractivity contribution is 0.193. The fourth-order valence-corrected chi connectivity index (χ4v) is 6.15. The highest BCUT2D eigenvalue weighted by Crippen LogP contribution is 2.39. The van der Waals surface area contributed by atoms with Gasteiger partial charge >= 0.3 is 0 Å². The van der Waals surface area contributed by atoms with E-state index in [1.807, 2.05) is 6.08 Å². The molecule has 2 heteroatoms. The zero-order valence-corrected chi connectivity index (χ0v) is 23.7. The molecule has 4 atom stereocenters. The van der Waals surface area contributed by atoms with Crippen LogP contribution in [0.3, 0.4) is 0 Å². The summed E-state index contributed by atoms with van der Waals surface area (Å²) in [6.07, 6.45) is 14.4. The van der Waals surface area contributed by atoms with Gasteiger partial charge in [-0.25, -0.2) is 0 Å². The maximum Gasteiger partial charge on any atom is 0.0721 e. The highest BCUT2D eigenvalue weighted by atomic mass is 16.3. The van der Waals surface area contributed by atoms with E-state index < -0.39 is 0 Å². The van der Waals surface area contributed by atoms with Gasteiger partial charge in [-0.1, -0.05) is 88.1 Å². The van der Waals surface area contributed by atoms with E-state index in [1.165, 1.54) is 53.6 Å². The lowest BCUT2D eigenvalue weighted by Gasteiger charge is -2.31. The number of benzene rings is 1. The summed E-state index contributed by atoms with van der Waals surface area (Å²) in [7, 11) is 0. The smallest absolute Gasteiger partial charge is 0.0721 e. The quantitative estimate of drug-likeness (QED) is 0.330. The number of aliphatic hydroxyl groups excluding tert-OH is 1. The zero-order valence-electron chi connectivity index (χ0n) is 23.7. The number of nitrogens with one attached hydrogen (secondary N) is 1. The first-order valence-electron chi connectivity index (χ1n) is 14.3. The Kier molecular flexibility index (Phi) is 9.87. The lowest BCUT2D eigenvalue weighted by Crippen LogP contribution is -2.28. The Morgan fingerprint density at radius 1 is 1.03 bits per heavy atom. The van der Waals surface area contributed by atoms with Gasteiger partial charge in [0.1, 0.15) is 0 Å². The summed E-state index contributed by atoms with van der Waals surface area (Å²) in [5.74, 6) is 2.32. The summed E-state index contributed by atoms with van der Waals surface area (Å²) >= 11 is 0. The van der Waals surface area contributed by atoms with E-state index in [4.69, 9.17) is 0 Å². The van der Waals surface area contributed by atoms with Gasteiger partial charge in [-0.3, -0.25) is 0 Å². The summed E-state index contributed by atoms with van der Waals surface area (Å²) in [5, 5.41) is 13.7. The highest BCUT2D eigenvalue weighted by Gasteiger charge is 2.26. The number of unbranched alkanes of at least 4 members (excludes halogenated alkanes) is 1. The minimum atomic E-state index is -0.267. The van der Waals surface area contributed by atoms with Gasteiger partial charge in [0.15, 0.2) is 0 Å². The van der Waals surface area contributed by atoms with Crippen molar-refractivity contribution >= 4 is 5.69 Å². The standard InChI is InChI=1S/C33H51NO/c1-9-10-11-30-23(6)16-26(19-31(30)21(2)3)18-27-17-24(7)33(32(20-27)22(4)5)34-25(8)28-12-14-29(35)15-13-28/h12,14,16-17,20-22,25,28-29,31,34-35H,9-11,13,15,18-19H2,1-8H3. The first-order chi connectivity index (χ1) is 16.6. The molecule has 0 bridgehead atoms. The van der Waals surface area contributed by atoms with Crippen LogP contribution in [0.4, 0.5) is 5.69 Å². The zero-order chi connectivity index (χ0) is 25.7. The van der Waals surface area contributed by atoms with Crippen molar-refractivity contribution in [1.29, 1.82) is 0 Å². The van der Waals surface area contributed by atoms with Crippen molar-refractivity contribution in [2.45, 2.75) is 118 Å². The van der Waals surface area contributed by atoms with E-state index in [0.29, 0.717) is 29.7 Å². The van der Waals surface area contributed by atoms with Gasteiger partial charge < -0.3 is 10.4 Å². The van der Waals surface area contributed by atoms with Crippen LogP contribution in [0, 0.1) is 24.7 Å². The third-order valence-corrected chi connectivity index (χ3v) is 8.33. The molecule has 35 heavy (non-hydrogen) atoms. The van der Waals surface area contributed by atoms with Gasteiger partial charge in [0, 0.05) is 11.7 Å². The molecule has 0 amide bonds. The van der Waals surface area contributed by atoms with Crippen molar-refractivity contribution in [2.24, 2.45) is 17.8 Å². The Labute approximate surface area is 216 Å². The second kappa shape index (κ2) is 12.4. The fourth-order valence-electron chi connectivity index (χ4n) is 6.15. The summed E-state index contributed by atoms with van der Waals surface area (Å²) in [6.45, 7) is 18.6. The molecule has 2 aliphatic carbocycles. The Morgan fingerprint density at radius 2 is 1.77 bits per heavy atom. The molecule has 0 saturated carbocycles. The predicted molar refractivity (Wildman–Crippen MR) is 153 cm³/mol. The van der Waals surface area contributed by atoms with Crippen LogP contribution in [0.15, 0.2) is 47.1 Å². The largest absolute Gasteiger partial charge is 0.389 e. The Hall–Kier alpha value is -1.80. The van der Waals surface area contributed by atoms with Gasteiger partial charge in [-0.15, -0.1) is 0 Å². The van der Waals surface area contributed by atoms with Crippen molar-refractivity contribution in [3.8, 4) is 0 Å². The van der Waals surface area contributed by atoms with Gasteiger partial charge in [0.25, 0.3) is 0 Å². The molecule has 0 heterocycles. The summed E-state index contributed by atoms with van der Waals surface area (Å²) in [4.78, 5) is 0. The van der Waals surface area contributed by atoms with Crippen LogP contribution in [0.5, 0.6) is 0 Å². The third kappa shape index (κ3) is 7.13. The molecular formula is C33H51NO. The molecule has 0 radical (unpaired) electrons. The van der Waals surface area contributed by atoms with E-state index in [1.54, 1.807) is 11.1 Å². The Bertz CT molecular complexity index is 948. The number of rotatable bonds is 10. The molecule has 2 nitrogen and oxygen atoms in total. The maximum atomic E-state index is 9.83. The van der Waals surface area contributed by atoms with Crippen LogP contribution >= 0.6 is 0 Å². The minimum absolute atomic E-state index is 0.267. The molecule has 1 aromatic rings. The van der Waals surface area contributed by atoms with Crippen LogP contribution in [0.2, 0.25) is 0 Å². The van der Waals surface area contributed by atoms with Crippen molar-refractivity contribution in [2.75, 3.05) is 5.32 Å². The molecule has 0 fully saturated rings. The van der Waals surface area contributed by atoms with E-state index in [-0.39, 0.29) is 6.10 Å². The molecule has 0 aliphatic heterocycles. The van der Waals surface area contributed by atoms with E-state index in [2.05, 4.69) is 85.0 Å². The van der Waals surface area contributed by atoms with E-state index in [9.17, 15) is 5.11 Å². The maximum absolute atomic E-state index is 9.83. The minimum Gasteiger partial charge on any atom is -0.389 e. The number of anilines is 1. The number of aryl methyl sites for hydroxylation is 1. The SMILES string of the molecule is CCCCC1=C(C)C=C(Cc2cc(C)c(NC(C)C3C=CC(O)CC3)c(C(C)C)c2)CC1C(C)C. The monoisotopic (exact) mass is 477 g/mol. The van der Waals surface area contributed by atoms with Crippen LogP contribution in [0.1, 0.15) is 110 Å². The van der Waals surface area contributed by atoms with Gasteiger partial charge in [-0.05, 0) is 99.7 Å². The summed E-state index contributed by atoms with van der Waals surface area (Å²) in [5.41, 5.74) is 10.4. The molecular weight excluding hydrogens is 426 g/mol. The van der Waals surface area contributed by atoms with Crippen LogP contribution < -0.4 is 5.32 Å². The lowest BCUT2D eigenvalue weighted by atomic mass is 9.74. The normalized spacial score (nSPS) is 23.7. The summed E-state index contributed by atoms with van der Waals surface area (Å²) in [6, 6.07) is 5.23. The average Bonchev–Trinajstić information content (AvgIpc) is 2.79. The van der Waals surface area contributed by atoms with E-state index >= 15 is 0 Å². The first-order valence-corrected chi connectivity index (χ1v) is 14.3. The van der Waals surface area contributed by atoms with Crippen molar-refractivity contribution in [1.82, 2.24) is 0 Å². The number of hydrogen-bond acceptors (Lipinski definition) is 2. The van der Waals surface area contributed by atoms with Gasteiger partial charge in [0.2, 0.25) is 0 Å². The van der Waals surface area contributed by atoms with Gasteiger partial charge in [-0.2, -0.15) is 0 Å². The predicted octanol–water partition coefficient (Wildman–Crippen LogP) is 8.90. The van der Waals surface area contributed by atoms with Crippen LogP contribution in [-0.2, 0) is 6.42 Å². The molecule has 2 aliphatic rings. The van der Waals surface area contributed by atoms with Crippen molar-refractivity contribution in [3.63, 3.8) is 0 Å². The molecule has 0 saturated heterocycles. The molecule has 0 spiro atoms. The summed E-state index contributed by atoms with van der Waals surface area (Å²) < 4.78 is 0. The Morgan fingerprint density at radius 3 is 2.37 bits per heavy atom. The van der Waals surface area contributed by atoms with Crippen molar-refractivity contribution < 1.29 is 5.11 Å². The Balaban J connectivity index is 1.83. The topological polar surface area (TPSA) is 32.3 Å². The molecule has 3 rings (SSSR count). The molecule has 194 valence electrons. The number of hydrogen-bond donors (Lipinski definition) is 2. The third-order valence-electron chi connectivity index (χ3n) is 8.33.